The smallest absolute Gasteiger partial charge is 0.326 e. The van der Waals surface area contributed by atoms with Crippen molar-refractivity contribution < 1.29 is 22.7 Å². The van der Waals surface area contributed by atoms with Gasteiger partial charge in [0.15, 0.2) is 4.75 Å². The normalized spacial score (nSPS) is 18.6. The Labute approximate surface area is 98.7 Å². The highest BCUT2D eigenvalue weighted by Gasteiger charge is 2.55. The summed E-state index contributed by atoms with van der Waals surface area (Å²) in [7, 11) is -3.87. The van der Waals surface area contributed by atoms with Gasteiger partial charge in [-0.15, -0.1) is 0 Å². The molecule has 0 spiro atoms. The highest BCUT2D eigenvalue weighted by molar-refractivity contribution is 7.91. The van der Waals surface area contributed by atoms with Crippen LogP contribution in [-0.4, -0.2) is 24.2 Å². The maximum Gasteiger partial charge on any atom is 0.326 e. The van der Waals surface area contributed by atoms with Crippen molar-refractivity contribution in [2.45, 2.75) is 30.6 Å². The average Bonchev–Trinajstić information content (AvgIpc) is 2.63. The van der Waals surface area contributed by atoms with E-state index in [0.29, 0.717) is 12.2 Å². The molecule has 0 aromatic carbocycles. The maximum absolute atomic E-state index is 11.9. The third kappa shape index (κ3) is 1.96. The highest BCUT2D eigenvalue weighted by Crippen LogP contribution is 2.39. The fourth-order valence-electron chi connectivity index (χ4n) is 1.81. The fourth-order valence-corrected chi connectivity index (χ4v) is 3.48. The Morgan fingerprint density at radius 2 is 2.24 bits per heavy atom. The van der Waals surface area contributed by atoms with Gasteiger partial charge in [0, 0.05) is 0 Å². The van der Waals surface area contributed by atoms with Crippen molar-refractivity contribution in [2.75, 3.05) is 0 Å². The first-order chi connectivity index (χ1) is 7.98. The zero-order chi connectivity index (χ0) is 12.5. The van der Waals surface area contributed by atoms with Gasteiger partial charge in [0.2, 0.25) is 10.0 Å². The zero-order valence-electron chi connectivity index (χ0n) is 9.05. The zero-order valence-corrected chi connectivity index (χ0v) is 9.87. The predicted molar refractivity (Wildman–Crippen MR) is 58.7 cm³/mol. The van der Waals surface area contributed by atoms with E-state index in [1.54, 1.807) is 12.1 Å². The largest absolute Gasteiger partial charge is 0.480 e. The minimum absolute atomic E-state index is 0.0234. The number of furan rings is 1. The van der Waals surface area contributed by atoms with Gasteiger partial charge in [-0.05, 0) is 31.4 Å². The number of hydrogen-bond acceptors (Lipinski definition) is 4. The Hall–Kier alpha value is -1.34. The van der Waals surface area contributed by atoms with Gasteiger partial charge in [-0.2, -0.15) is 0 Å². The Morgan fingerprint density at radius 1 is 1.53 bits per heavy atom. The van der Waals surface area contributed by atoms with E-state index >= 15 is 0 Å². The Kier molecular flexibility index (Phi) is 2.96. The molecule has 1 aliphatic carbocycles. The molecular formula is C10H13NO5S. The summed E-state index contributed by atoms with van der Waals surface area (Å²) >= 11 is 0. The van der Waals surface area contributed by atoms with Crippen LogP contribution in [0.1, 0.15) is 25.0 Å². The van der Waals surface area contributed by atoms with Crippen molar-refractivity contribution >= 4 is 16.0 Å². The van der Waals surface area contributed by atoms with Gasteiger partial charge in [-0.1, -0.05) is 0 Å². The van der Waals surface area contributed by atoms with Gasteiger partial charge in [0.05, 0.1) is 12.8 Å². The topological polar surface area (TPSA) is 96.6 Å². The first-order valence-electron chi connectivity index (χ1n) is 5.23. The van der Waals surface area contributed by atoms with Crippen molar-refractivity contribution in [3.63, 3.8) is 0 Å². The minimum Gasteiger partial charge on any atom is -0.480 e. The summed E-state index contributed by atoms with van der Waals surface area (Å²) < 4.78 is 29.5. The van der Waals surface area contributed by atoms with E-state index in [0.717, 1.165) is 0 Å². The molecule has 1 aromatic rings. The number of sulfonamides is 1. The number of carbonyl (C=O) groups is 1. The molecule has 17 heavy (non-hydrogen) atoms. The molecule has 2 rings (SSSR count). The average molecular weight is 259 g/mol. The standard InChI is InChI=1S/C10H13NO5S/c12-9(13)10(4-2-5-10)17(14,15)11-7-8-3-1-6-16-8/h1,3,6,11H,2,4-5,7H2,(H,12,13). The molecule has 1 fully saturated rings. The van der Waals surface area contributed by atoms with Crippen molar-refractivity contribution in [1.29, 1.82) is 0 Å². The van der Waals surface area contributed by atoms with Crippen LogP contribution in [0, 0.1) is 0 Å². The van der Waals surface area contributed by atoms with Crippen LogP contribution >= 0.6 is 0 Å². The van der Waals surface area contributed by atoms with Crippen LogP contribution in [0.5, 0.6) is 0 Å². The van der Waals surface area contributed by atoms with Gasteiger partial charge in [0.1, 0.15) is 5.76 Å². The van der Waals surface area contributed by atoms with Crippen LogP contribution < -0.4 is 4.72 Å². The SMILES string of the molecule is O=C(O)C1(S(=O)(=O)NCc2ccco2)CCC1. The lowest BCUT2D eigenvalue weighted by atomic mass is 9.84. The number of nitrogens with one attached hydrogen (secondary N) is 1. The van der Waals surface area contributed by atoms with E-state index in [2.05, 4.69) is 4.72 Å². The van der Waals surface area contributed by atoms with E-state index < -0.39 is 20.7 Å². The number of hydrogen-bond donors (Lipinski definition) is 2. The van der Waals surface area contributed by atoms with Gasteiger partial charge < -0.3 is 9.52 Å². The molecule has 94 valence electrons. The molecule has 1 aliphatic rings. The molecule has 7 heteroatoms. The molecule has 0 amide bonds. The molecule has 0 bridgehead atoms. The number of carboxylic acid groups (broad SMARTS) is 1. The van der Waals surface area contributed by atoms with Crippen molar-refractivity contribution in [3.8, 4) is 0 Å². The summed E-state index contributed by atoms with van der Waals surface area (Å²) in [6.45, 7) is -0.0234. The number of rotatable bonds is 5. The molecule has 1 aromatic heterocycles. The summed E-state index contributed by atoms with van der Waals surface area (Å²) in [5.41, 5.74) is 0. The lowest BCUT2D eigenvalue weighted by Crippen LogP contribution is -2.56. The lowest BCUT2D eigenvalue weighted by Gasteiger charge is -2.36. The molecule has 2 N–H and O–H groups in total. The number of carboxylic acids is 1. The second-order valence-electron chi connectivity index (χ2n) is 4.06. The van der Waals surface area contributed by atoms with Crippen LogP contribution in [0.4, 0.5) is 0 Å². The van der Waals surface area contributed by atoms with Crippen molar-refractivity contribution in [1.82, 2.24) is 4.72 Å². The van der Waals surface area contributed by atoms with Crippen molar-refractivity contribution in [2.24, 2.45) is 0 Å². The van der Waals surface area contributed by atoms with Crippen LogP contribution in [0.25, 0.3) is 0 Å². The summed E-state index contributed by atoms with van der Waals surface area (Å²) in [5.74, 6) is -0.830. The molecule has 0 radical (unpaired) electrons. The third-order valence-corrected chi connectivity index (χ3v) is 5.22. The monoisotopic (exact) mass is 259 g/mol. The first-order valence-corrected chi connectivity index (χ1v) is 6.71. The first kappa shape index (κ1) is 12.1. The molecule has 0 unspecified atom stereocenters. The van der Waals surface area contributed by atoms with Crippen LogP contribution in [-0.2, 0) is 21.4 Å². The molecule has 1 saturated carbocycles. The summed E-state index contributed by atoms with van der Waals surface area (Å²) in [4.78, 5) is 11.1. The number of aliphatic carboxylic acids is 1. The van der Waals surface area contributed by atoms with Crippen LogP contribution in [0.3, 0.4) is 0 Å². The van der Waals surface area contributed by atoms with Gasteiger partial charge in [-0.3, -0.25) is 4.79 Å². The molecule has 0 aliphatic heterocycles. The Balaban J connectivity index is 2.11. The second kappa shape index (κ2) is 4.15. The molecule has 0 atom stereocenters. The predicted octanol–water partition coefficient (Wildman–Crippen LogP) is 0.706. The summed E-state index contributed by atoms with van der Waals surface area (Å²) in [5, 5.41) is 9.03. The summed E-state index contributed by atoms with van der Waals surface area (Å²) in [6, 6.07) is 3.26. The summed E-state index contributed by atoms with van der Waals surface area (Å²) in [6.07, 6.45) is 2.37. The van der Waals surface area contributed by atoms with E-state index in [4.69, 9.17) is 9.52 Å². The molecular weight excluding hydrogens is 246 g/mol. The van der Waals surface area contributed by atoms with Gasteiger partial charge in [-0.25, -0.2) is 13.1 Å². The fraction of sp³-hybridized carbons (Fsp3) is 0.500. The highest BCUT2D eigenvalue weighted by atomic mass is 32.2. The minimum atomic E-state index is -3.87. The van der Waals surface area contributed by atoms with Crippen LogP contribution in [0.2, 0.25) is 0 Å². The van der Waals surface area contributed by atoms with E-state index in [1.807, 2.05) is 0 Å². The second-order valence-corrected chi connectivity index (χ2v) is 6.13. The molecule has 0 saturated heterocycles. The lowest BCUT2D eigenvalue weighted by molar-refractivity contribution is -0.142. The van der Waals surface area contributed by atoms with E-state index in [9.17, 15) is 13.2 Å². The Morgan fingerprint density at radius 3 is 2.65 bits per heavy atom. The maximum atomic E-state index is 11.9. The van der Waals surface area contributed by atoms with E-state index in [-0.39, 0.29) is 19.4 Å². The van der Waals surface area contributed by atoms with Crippen molar-refractivity contribution in [3.05, 3.63) is 24.2 Å². The van der Waals surface area contributed by atoms with Gasteiger partial charge >= 0.3 is 5.97 Å². The quantitative estimate of drug-likeness (QED) is 0.811. The third-order valence-electron chi connectivity index (χ3n) is 3.08. The van der Waals surface area contributed by atoms with E-state index in [1.165, 1.54) is 6.26 Å². The van der Waals surface area contributed by atoms with Gasteiger partial charge in [0.25, 0.3) is 0 Å². The molecule has 1 heterocycles. The Bertz CT molecular complexity index is 501. The molecule has 6 nitrogen and oxygen atoms in total. The van der Waals surface area contributed by atoms with Crippen LogP contribution in [0.15, 0.2) is 22.8 Å².